The normalized spacial score (nSPS) is 9.96. The molecule has 120 valence electrons. The van der Waals surface area contributed by atoms with Gasteiger partial charge in [0.2, 0.25) is 5.91 Å². The van der Waals surface area contributed by atoms with Gasteiger partial charge in [-0.05, 0) is 29.8 Å². The molecule has 0 saturated heterocycles. The Hall–Kier alpha value is -3.09. The first kappa shape index (κ1) is 16.3. The van der Waals surface area contributed by atoms with Crippen LogP contribution in [0.1, 0.15) is 5.56 Å². The number of hydrogen-bond acceptors (Lipinski definition) is 4. The molecule has 0 aromatic heterocycles. The quantitative estimate of drug-likeness (QED) is 0.760. The van der Waals surface area contributed by atoms with Gasteiger partial charge in [-0.1, -0.05) is 18.2 Å². The van der Waals surface area contributed by atoms with Crippen LogP contribution in [-0.2, 0) is 11.4 Å². The van der Waals surface area contributed by atoms with Gasteiger partial charge in [0.15, 0.2) is 0 Å². The summed E-state index contributed by atoms with van der Waals surface area (Å²) in [6.07, 6.45) is 0. The maximum atomic E-state index is 12.8. The van der Waals surface area contributed by atoms with Crippen LogP contribution in [0.4, 0.5) is 14.9 Å². The van der Waals surface area contributed by atoms with E-state index in [1.54, 1.807) is 36.4 Å². The molecule has 0 aliphatic heterocycles. The summed E-state index contributed by atoms with van der Waals surface area (Å²) < 4.78 is 18.4. The number of primary amides is 1. The second-order valence-corrected chi connectivity index (χ2v) is 4.71. The molecule has 2 rings (SSSR count). The third kappa shape index (κ3) is 5.66. The number of benzene rings is 2. The third-order valence-electron chi connectivity index (χ3n) is 2.87. The summed E-state index contributed by atoms with van der Waals surface area (Å²) in [5.41, 5.74) is 6.34. The summed E-state index contributed by atoms with van der Waals surface area (Å²) in [5, 5.41) is 4.80. The zero-order valence-corrected chi connectivity index (χ0v) is 12.2. The maximum Gasteiger partial charge on any atom is 0.318 e. The SMILES string of the molecule is NC(=O)NC(=O)CNc1cccc(OCc2ccc(F)cc2)c1. The van der Waals surface area contributed by atoms with Crippen molar-refractivity contribution in [2.45, 2.75) is 6.61 Å². The number of imide groups is 1. The first-order chi connectivity index (χ1) is 11.0. The van der Waals surface area contributed by atoms with Crippen molar-refractivity contribution >= 4 is 17.6 Å². The van der Waals surface area contributed by atoms with Gasteiger partial charge in [-0.25, -0.2) is 9.18 Å². The fraction of sp³-hybridized carbons (Fsp3) is 0.125. The number of halogens is 1. The van der Waals surface area contributed by atoms with Gasteiger partial charge >= 0.3 is 6.03 Å². The molecule has 7 heteroatoms. The lowest BCUT2D eigenvalue weighted by Crippen LogP contribution is -2.38. The Bertz CT molecular complexity index is 689. The predicted octanol–water partition coefficient (Wildman–Crippen LogP) is 2.01. The number of amides is 3. The summed E-state index contributed by atoms with van der Waals surface area (Å²) in [7, 11) is 0. The van der Waals surface area contributed by atoms with Crippen molar-refractivity contribution in [2.24, 2.45) is 5.73 Å². The van der Waals surface area contributed by atoms with Crippen LogP contribution in [0.2, 0.25) is 0 Å². The number of rotatable bonds is 6. The van der Waals surface area contributed by atoms with Crippen molar-refractivity contribution in [1.29, 1.82) is 0 Å². The van der Waals surface area contributed by atoms with Crippen molar-refractivity contribution in [3.63, 3.8) is 0 Å². The Morgan fingerprint density at radius 3 is 2.57 bits per heavy atom. The van der Waals surface area contributed by atoms with Crippen LogP contribution < -0.4 is 21.1 Å². The molecular weight excluding hydrogens is 301 g/mol. The summed E-state index contributed by atoms with van der Waals surface area (Å²) in [6, 6.07) is 12.1. The maximum absolute atomic E-state index is 12.8. The summed E-state index contributed by atoms with van der Waals surface area (Å²) in [4.78, 5) is 21.8. The molecule has 0 bridgehead atoms. The van der Waals surface area contributed by atoms with E-state index in [0.29, 0.717) is 18.0 Å². The van der Waals surface area contributed by atoms with Crippen molar-refractivity contribution < 1.29 is 18.7 Å². The molecule has 0 atom stereocenters. The monoisotopic (exact) mass is 317 g/mol. The second-order valence-electron chi connectivity index (χ2n) is 4.71. The molecule has 3 amide bonds. The number of nitrogens with one attached hydrogen (secondary N) is 2. The zero-order chi connectivity index (χ0) is 16.7. The average Bonchev–Trinajstić information content (AvgIpc) is 2.52. The molecule has 4 N–H and O–H groups in total. The molecule has 2 aromatic rings. The molecule has 23 heavy (non-hydrogen) atoms. The van der Waals surface area contributed by atoms with Gasteiger partial charge in [0.25, 0.3) is 0 Å². The van der Waals surface area contributed by atoms with Crippen LogP contribution in [0.15, 0.2) is 48.5 Å². The summed E-state index contributed by atoms with van der Waals surface area (Å²) in [6.45, 7) is 0.205. The molecule has 0 radical (unpaired) electrons. The number of carbonyl (C=O) groups is 2. The van der Waals surface area contributed by atoms with E-state index in [0.717, 1.165) is 5.56 Å². The Morgan fingerprint density at radius 2 is 1.87 bits per heavy atom. The number of nitrogens with two attached hydrogens (primary N) is 1. The van der Waals surface area contributed by atoms with Crippen LogP contribution >= 0.6 is 0 Å². The van der Waals surface area contributed by atoms with E-state index in [4.69, 9.17) is 10.5 Å². The molecule has 0 unspecified atom stereocenters. The van der Waals surface area contributed by atoms with Gasteiger partial charge in [-0.15, -0.1) is 0 Å². The Labute approximate surface area is 132 Å². The first-order valence-corrected chi connectivity index (χ1v) is 6.83. The average molecular weight is 317 g/mol. The molecular formula is C16H16FN3O3. The standard InChI is InChI=1S/C16H16FN3O3/c17-12-6-4-11(5-7-12)10-23-14-3-1-2-13(8-14)19-9-15(21)20-16(18)22/h1-8,19H,9-10H2,(H3,18,20,21,22). The van der Waals surface area contributed by atoms with Gasteiger partial charge in [0.05, 0.1) is 6.54 Å². The molecule has 0 saturated carbocycles. The topological polar surface area (TPSA) is 93.5 Å². The van der Waals surface area contributed by atoms with Gasteiger partial charge in [0.1, 0.15) is 18.2 Å². The number of urea groups is 1. The van der Waals surface area contributed by atoms with Gasteiger partial charge < -0.3 is 15.8 Å². The highest BCUT2D eigenvalue weighted by Crippen LogP contribution is 2.18. The van der Waals surface area contributed by atoms with Gasteiger partial charge in [0, 0.05) is 11.8 Å². The summed E-state index contributed by atoms with van der Waals surface area (Å²) in [5.74, 6) is -0.237. The molecule has 0 heterocycles. The molecule has 6 nitrogen and oxygen atoms in total. The van der Waals surface area contributed by atoms with E-state index in [9.17, 15) is 14.0 Å². The number of anilines is 1. The molecule has 0 fully saturated rings. The Balaban J connectivity index is 1.87. The first-order valence-electron chi connectivity index (χ1n) is 6.83. The minimum absolute atomic E-state index is 0.0929. The molecule has 0 aliphatic carbocycles. The lowest BCUT2D eigenvalue weighted by atomic mass is 10.2. The van der Waals surface area contributed by atoms with E-state index in [1.807, 2.05) is 5.32 Å². The Kier molecular flexibility index (Phi) is 5.51. The highest BCUT2D eigenvalue weighted by atomic mass is 19.1. The van der Waals surface area contributed by atoms with Crippen molar-refractivity contribution in [3.8, 4) is 5.75 Å². The minimum atomic E-state index is -0.895. The summed E-state index contributed by atoms with van der Waals surface area (Å²) >= 11 is 0. The van der Waals surface area contributed by atoms with E-state index < -0.39 is 11.9 Å². The van der Waals surface area contributed by atoms with Gasteiger partial charge in [-0.3, -0.25) is 10.1 Å². The zero-order valence-electron chi connectivity index (χ0n) is 12.2. The second kappa shape index (κ2) is 7.79. The number of carbonyl (C=O) groups excluding carboxylic acids is 2. The Morgan fingerprint density at radius 1 is 1.13 bits per heavy atom. The van der Waals surface area contributed by atoms with Crippen LogP contribution in [0, 0.1) is 5.82 Å². The van der Waals surface area contributed by atoms with E-state index in [1.165, 1.54) is 12.1 Å². The number of ether oxygens (including phenoxy) is 1. The minimum Gasteiger partial charge on any atom is -0.489 e. The highest BCUT2D eigenvalue weighted by molar-refractivity contribution is 5.95. The van der Waals surface area contributed by atoms with Crippen LogP contribution in [0.3, 0.4) is 0 Å². The van der Waals surface area contributed by atoms with E-state index in [-0.39, 0.29) is 12.4 Å². The van der Waals surface area contributed by atoms with E-state index >= 15 is 0 Å². The number of hydrogen-bond donors (Lipinski definition) is 3. The fourth-order valence-corrected chi connectivity index (χ4v) is 1.81. The molecule has 0 aliphatic rings. The highest BCUT2D eigenvalue weighted by Gasteiger charge is 2.04. The molecule has 0 spiro atoms. The van der Waals surface area contributed by atoms with Gasteiger partial charge in [-0.2, -0.15) is 0 Å². The van der Waals surface area contributed by atoms with Crippen LogP contribution in [0.25, 0.3) is 0 Å². The van der Waals surface area contributed by atoms with Crippen molar-refractivity contribution in [1.82, 2.24) is 5.32 Å². The van der Waals surface area contributed by atoms with Crippen molar-refractivity contribution in [2.75, 3.05) is 11.9 Å². The fourth-order valence-electron chi connectivity index (χ4n) is 1.81. The van der Waals surface area contributed by atoms with Crippen molar-refractivity contribution in [3.05, 3.63) is 59.9 Å². The largest absolute Gasteiger partial charge is 0.489 e. The van der Waals surface area contributed by atoms with Crippen LogP contribution in [-0.4, -0.2) is 18.5 Å². The lowest BCUT2D eigenvalue weighted by molar-refractivity contribution is -0.118. The molecule has 2 aromatic carbocycles. The van der Waals surface area contributed by atoms with E-state index in [2.05, 4.69) is 5.32 Å². The lowest BCUT2D eigenvalue weighted by Gasteiger charge is -2.10. The van der Waals surface area contributed by atoms with Crippen LogP contribution in [0.5, 0.6) is 5.75 Å². The third-order valence-corrected chi connectivity index (χ3v) is 2.87. The smallest absolute Gasteiger partial charge is 0.318 e. The predicted molar refractivity (Wildman–Crippen MR) is 83.4 cm³/mol.